The van der Waals surface area contributed by atoms with Crippen molar-refractivity contribution in [1.82, 2.24) is 19.9 Å². The SMILES string of the molecule is CSc1cnc(N[C@H]2CC[C@H](Nc3nc4ccc(C(=O)N5CCCC(N)C5)cc4s3)C2)nc1. The first-order valence-corrected chi connectivity index (χ1v) is 13.5. The number of piperidine rings is 1. The highest BCUT2D eigenvalue weighted by molar-refractivity contribution is 7.98. The van der Waals surface area contributed by atoms with E-state index in [1.54, 1.807) is 23.1 Å². The maximum atomic E-state index is 12.9. The van der Waals surface area contributed by atoms with E-state index in [0.717, 1.165) is 58.9 Å². The number of hydrogen-bond donors (Lipinski definition) is 3. The van der Waals surface area contributed by atoms with Gasteiger partial charge in [-0.05, 0) is 56.6 Å². The summed E-state index contributed by atoms with van der Waals surface area (Å²) in [6.45, 7) is 1.42. The van der Waals surface area contributed by atoms with Crippen LogP contribution in [0, 0.1) is 0 Å². The number of nitrogens with one attached hydrogen (secondary N) is 2. The molecule has 2 fully saturated rings. The van der Waals surface area contributed by atoms with Crippen LogP contribution in [0.25, 0.3) is 10.2 Å². The number of thioether (sulfide) groups is 1. The summed E-state index contributed by atoms with van der Waals surface area (Å²) in [6, 6.07) is 6.57. The molecular weight excluding hydrogens is 454 g/mol. The Morgan fingerprint density at radius 2 is 1.97 bits per heavy atom. The summed E-state index contributed by atoms with van der Waals surface area (Å²) < 4.78 is 1.03. The van der Waals surface area contributed by atoms with Crippen LogP contribution in [0.15, 0.2) is 35.5 Å². The van der Waals surface area contributed by atoms with Gasteiger partial charge >= 0.3 is 0 Å². The number of hydrogen-bond acceptors (Lipinski definition) is 9. The van der Waals surface area contributed by atoms with Crippen molar-refractivity contribution in [2.45, 2.75) is 55.1 Å². The van der Waals surface area contributed by atoms with Crippen LogP contribution in [0.1, 0.15) is 42.5 Å². The first-order valence-electron chi connectivity index (χ1n) is 11.4. The van der Waals surface area contributed by atoms with Gasteiger partial charge in [-0.3, -0.25) is 4.79 Å². The molecule has 3 heterocycles. The Kier molecular flexibility index (Phi) is 6.66. The Morgan fingerprint density at radius 3 is 2.73 bits per heavy atom. The van der Waals surface area contributed by atoms with Crippen molar-refractivity contribution in [2.75, 3.05) is 30.0 Å². The molecule has 4 N–H and O–H groups in total. The zero-order chi connectivity index (χ0) is 22.8. The summed E-state index contributed by atoms with van der Waals surface area (Å²) in [5.41, 5.74) is 7.69. The lowest BCUT2D eigenvalue weighted by atomic mass is 10.1. The van der Waals surface area contributed by atoms with Gasteiger partial charge in [0.15, 0.2) is 5.13 Å². The molecule has 33 heavy (non-hydrogen) atoms. The summed E-state index contributed by atoms with van der Waals surface area (Å²) in [5, 5.41) is 7.95. The van der Waals surface area contributed by atoms with Gasteiger partial charge in [-0.2, -0.15) is 0 Å². The van der Waals surface area contributed by atoms with Crippen LogP contribution < -0.4 is 16.4 Å². The number of nitrogens with zero attached hydrogens (tertiary/aromatic N) is 4. The second-order valence-electron chi connectivity index (χ2n) is 8.80. The van der Waals surface area contributed by atoms with Crippen molar-refractivity contribution in [3.63, 3.8) is 0 Å². The zero-order valence-corrected chi connectivity index (χ0v) is 20.3. The minimum atomic E-state index is 0.0625. The largest absolute Gasteiger partial charge is 0.359 e. The molecule has 174 valence electrons. The molecule has 8 nitrogen and oxygen atoms in total. The number of aromatic nitrogens is 3. The molecule has 1 amide bonds. The Morgan fingerprint density at radius 1 is 1.18 bits per heavy atom. The fourth-order valence-corrected chi connectivity index (χ4v) is 5.89. The molecule has 1 saturated heterocycles. The van der Waals surface area contributed by atoms with E-state index in [2.05, 4.69) is 20.6 Å². The van der Waals surface area contributed by atoms with Crippen molar-refractivity contribution >= 4 is 50.3 Å². The molecule has 3 aromatic rings. The number of anilines is 2. The highest BCUT2D eigenvalue weighted by Gasteiger charge is 2.26. The van der Waals surface area contributed by atoms with Gasteiger partial charge < -0.3 is 21.3 Å². The molecule has 0 bridgehead atoms. The fraction of sp³-hybridized carbons (Fsp3) is 0.478. The predicted molar refractivity (Wildman–Crippen MR) is 135 cm³/mol. The summed E-state index contributed by atoms with van der Waals surface area (Å²) in [6.07, 6.45) is 10.8. The molecule has 1 saturated carbocycles. The first kappa shape index (κ1) is 22.4. The van der Waals surface area contributed by atoms with E-state index < -0.39 is 0 Å². The lowest BCUT2D eigenvalue weighted by molar-refractivity contribution is 0.0709. The minimum Gasteiger partial charge on any atom is -0.359 e. The highest BCUT2D eigenvalue weighted by Crippen LogP contribution is 2.31. The molecule has 0 radical (unpaired) electrons. The van der Waals surface area contributed by atoms with Crippen LogP contribution in [-0.4, -0.2) is 63.2 Å². The van der Waals surface area contributed by atoms with E-state index in [1.807, 2.05) is 41.7 Å². The molecular formula is C23H29N7OS2. The molecule has 1 aliphatic heterocycles. The number of likely N-dealkylation sites (tertiary alicyclic amines) is 1. The normalized spacial score (nSPS) is 23.1. The molecule has 3 atom stereocenters. The third-order valence-electron chi connectivity index (χ3n) is 6.34. The summed E-state index contributed by atoms with van der Waals surface area (Å²) in [4.78, 5) is 29.4. The van der Waals surface area contributed by atoms with Crippen LogP contribution in [0.5, 0.6) is 0 Å². The Hall–Kier alpha value is -2.43. The average Bonchev–Trinajstić information content (AvgIpc) is 3.44. The summed E-state index contributed by atoms with van der Waals surface area (Å²) >= 11 is 3.25. The topological polar surface area (TPSA) is 109 Å². The molecule has 0 spiro atoms. The monoisotopic (exact) mass is 483 g/mol. The van der Waals surface area contributed by atoms with Crippen molar-refractivity contribution in [2.24, 2.45) is 5.73 Å². The van der Waals surface area contributed by atoms with E-state index in [9.17, 15) is 4.79 Å². The standard InChI is InChI=1S/C23H29N7OS2/c1-32-18-11-25-22(26-12-18)27-16-5-6-17(10-16)28-23-29-19-7-4-14(9-20(19)33-23)21(31)30-8-2-3-15(24)13-30/h4,7,9,11-12,15-17H,2-3,5-6,8,10,13,24H2,1H3,(H,28,29)(H,25,26,27)/t15?,16-,17-/m0/s1. The number of thiazole rings is 1. The highest BCUT2D eigenvalue weighted by atomic mass is 32.2. The number of nitrogens with two attached hydrogens (primary N) is 1. The quantitative estimate of drug-likeness (QED) is 0.454. The zero-order valence-electron chi connectivity index (χ0n) is 18.7. The number of amides is 1. The second kappa shape index (κ2) is 9.82. The van der Waals surface area contributed by atoms with E-state index in [0.29, 0.717) is 30.1 Å². The maximum Gasteiger partial charge on any atom is 0.253 e. The number of rotatable bonds is 6. The summed E-state index contributed by atoms with van der Waals surface area (Å²) in [7, 11) is 0. The van der Waals surface area contributed by atoms with Gasteiger partial charge in [0.2, 0.25) is 5.95 Å². The van der Waals surface area contributed by atoms with Gasteiger partial charge in [0.05, 0.1) is 10.2 Å². The average molecular weight is 484 g/mol. The Balaban J connectivity index is 1.20. The number of carbonyl (C=O) groups excluding carboxylic acids is 1. The van der Waals surface area contributed by atoms with Crippen molar-refractivity contribution in [3.05, 3.63) is 36.2 Å². The van der Waals surface area contributed by atoms with Crippen molar-refractivity contribution in [3.8, 4) is 0 Å². The van der Waals surface area contributed by atoms with Gasteiger partial charge in [0, 0.05) is 54.1 Å². The van der Waals surface area contributed by atoms with E-state index >= 15 is 0 Å². The van der Waals surface area contributed by atoms with Crippen molar-refractivity contribution < 1.29 is 4.79 Å². The van der Waals surface area contributed by atoms with E-state index in [4.69, 9.17) is 10.7 Å². The lowest BCUT2D eigenvalue weighted by Gasteiger charge is -2.30. The van der Waals surface area contributed by atoms with Gasteiger partial charge in [-0.15, -0.1) is 11.8 Å². The maximum absolute atomic E-state index is 12.9. The van der Waals surface area contributed by atoms with Crippen LogP contribution in [0.2, 0.25) is 0 Å². The third kappa shape index (κ3) is 5.23. The Labute approximate surface area is 201 Å². The van der Waals surface area contributed by atoms with Gasteiger partial charge in [-0.25, -0.2) is 15.0 Å². The third-order valence-corrected chi connectivity index (χ3v) is 7.97. The molecule has 1 unspecified atom stereocenters. The van der Waals surface area contributed by atoms with Gasteiger partial charge in [-0.1, -0.05) is 11.3 Å². The fourth-order valence-electron chi connectivity index (χ4n) is 4.59. The van der Waals surface area contributed by atoms with Crippen LogP contribution in [0.3, 0.4) is 0 Å². The first-order chi connectivity index (χ1) is 16.1. The van der Waals surface area contributed by atoms with Crippen LogP contribution >= 0.6 is 23.1 Å². The minimum absolute atomic E-state index is 0.0625. The van der Waals surface area contributed by atoms with Gasteiger partial charge in [0.25, 0.3) is 5.91 Å². The Bertz CT molecular complexity index is 1120. The number of benzene rings is 1. The molecule has 5 rings (SSSR count). The number of carbonyl (C=O) groups is 1. The van der Waals surface area contributed by atoms with E-state index in [-0.39, 0.29) is 11.9 Å². The molecule has 1 aromatic carbocycles. The second-order valence-corrected chi connectivity index (χ2v) is 10.7. The smallest absolute Gasteiger partial charge is 0.253 e. The van der Waals surface area contributed by atoms with Crippen molar-refractivity contribution in [1.29, 1.82) is 0 Å². The van der Waals surface area contributed by atoms with Crippen LogP contribution in [-0.2, 0) is 0 Å². The molecule has 2 aromatic heterocycles. The van der Waals surface area contributed by atoms with Gasteiger partial charge in [0.1, 0.15) is 0 Å². The molecule has 10 heteroatoms. The molecule has 1 aliphatic carbocycles. The summed E-state index contributed by atoms with van der Waals surface area (Å²) in [5.74, 6) is 0.748. The van der Waals surface area contributed by atoms with Crippen LogP contribution in [0.4, 0.5) is 11.1 Å². The molecule has 2 aliphatic rings. The van der Waals surface area contributed by atoms with E-state index in [1.165, 1.54) is 0 Å². The lowest BCUT2D eigenvalue weighted by Crippen LogP contribution is -2.45. The number of fused-ring (bicyclic) bond motifs is 1. The predicted octanol–water partition coefficient (Wildman–Crippen LogP) is 3.82.